The molecule has 5 heterocycles. The van der Waals surface area contributed by atoms with E-state index in [-0.39, 0.29) is 29.6 Å². The topological polar surface area (TPSA) is 127 Å². The Morgan fingerprint density at radius 3 is 2.68 bits per heavy atom. The lowest BCUT2D eigenvalue weighted by Gasteiger charge is -2.36. The van der Waals surface area contributed by atoms with Gasteiger partial charge in [0.05, 0.1) is 0 Å². The Hall–Kier alpha value is -4.04. The van der Waals surface area contributed by atoms with Crippen molar-refractivity contribution in [2.75, 3.05) is 18.0 Å². The first-order chi connectivity index (χ1) is 20.9. The Bertz CT molecular complexity index is 1860. The first kappa shape index (κ1) is 30.0. The number of aromatic nitrogens is 4. The number of aryl methyl sites for hydroxylation is 2. The van der Waals surface area contributed by atoms with Crippen LogP contribution in [0.15, 0.2) is 53.7 Å². The van der Waals surface area contributed by atoms with Gasteiger partial charge in [-0.05, 0) is 79.1 Å². The second-order valence-electron chi connectivity index (χ2n) is 11.5. The number of nitrogens with zero attached hydrogens (tertiary/aromatic N) is 6. The molecule has 0 radical (unpaired) electrons. The summed E-state index contributed by atoms with van der Waals surface area (Å²) in [5, 5.41) is 7.12. The van der Waals surface area contributed by atoms with Gasteiger partial charge in [0.15, 0.2) is 5.65 Å². The number of fused-ring (bicyclic) bond motifs is 4. The zero-order valence-corrected chi connectivity index (χ0v) is 25.1. The van der Waals surface area contributed by atoms with Gasteiger partial charge in [0.2, 0.25) is 21.8 Å². The van der Waals surface area contributed by atoms with Crippen LogP contribution in [-0.4, -0.2) is 57.3 Å². The molecule has 2 aliphatic rings. The number of primary amides is 1. The Labute approximate surface area is 252 Å². The monoisotopic (exact) mass is 627 g/mol. The van der Waals surface area contributed by atoms with Crippen molar-refractivity contribution in [3.8, 4) is 0 Å². The molecule has 2 N–H and O–H groups in total. The highest BCUT2D eigenvalue weighted by atomic mass is 32.2. The van der Waals surface area contributed by atoms with Crippen LogP contribution in [0, 0.1) is 13.8 Å². The quantitative estimate of drug-likeness (QED) is 0.337. The van der Waals surface area contributed by atoms with Gasteiger partial charge in [-0.1, -0.05) is 18.2 Å². The van der Waals surface area contributed by atoms with Gasteiger partial charge < -0.3 is 10.6 Å². The van der Waals surface area contributed by atoms with E-state index in [0.29, 0.717) is 29.1 Å². The predicted octanol–water partition coefficient (Wildman–Crippen LogP) is 4.33. The van der Waals surface area contributed by atoms with Gasteiger partial charge in [0.1, 0.15) is 10.7 Å². The van der Waals surface area contributed by atoms with Gasteiger partial charge in [-0.3, -0.25) is 9.20 Å². The van der Waals surface area contributed by atoms with E-state index in [4.69, 9.17) is 5.73 Å². The molecule has 10 nitrogen and oxygen atoms in total. The van der Waals surface area contributed by atoms with Crippen LogP contribution < -0.4 is 10.6 Å². The number of halogens is 3. The maximum absolute atomic E-state index is 14.0. The van der Waals surface area contributed by atoms with Crippen molar-refractivity contribution < 1.29 is 26.4 Å². The second-order valence-corrected chi connectivity index (χ2v) is 13.4. The number of hydrogen-bond donors (Lipinski definition) is 1. The van der Waals surface area contributed by atoms with Crippen molar-refractivity contribution in [3.63, 3.8) is 0 Å². The number of nitrogens with two attached hydrogens (primary N) is 1. The average molecular weight is 628 g/mol. The predicted molar refractivity (Wildman–Crippen MR) is 156 cm³/mol. The van der Waals surface area contributed by atoms with Crippen LogP contribution in [-0.2, 0) is 27.5 Å². The van der Waals surface area contributed by atoms with E-state index >= 15 is 0 Å². The van der Waals surface area contributed by atoms with Gasteiger partial charge in [0.25, 0.3) is 0 Å². The summed E-state index contributed by atoms with van der Waals surface area (Å²) in [5.74, 6) is -1.86. The number of carbonyl (C=O) groups excluding carboxylic acids is 1. The van der Waals surface area contributed by atoms with Crippen molar-refractivity contribution in [3.05, 3.63) is 82.4 Å². The minimum absolute atomic E-state index is 0.0140. The minimum Gasteiger partial charge on any atom is -0.370 e. The molecule has 0 spiro atoms. The average Bonchev–Trinajstić information content (AvgIpc) is 3.40. The Balaban J connectivity index is 1.40. The van der Waals surface area contributed by atoms with E-state index in [1.54, 1.807) is 25.3 Å². The molecule has 0 bridgehead atoms. The van der Waals surface area contributed by atoms with Crippen molar-refractivity contribution in [1.82, 2.24) is 23.9 Å². The van der Waals surface area contributed by atoms with Gasteiger partial charge in [-0.25, -0.2) is 13.4 Å². The Morgan fingerprint density at radius 2 is 1.93 bits per heavy atom. The number of anilines is 1. The molecule has 44 heavy (non-hydrogen) atoms. The molecule has 232 valence electrons. The lowest BCUT2D eigenvalue weighted by atomic mass is 9.85. The number of piperidine rings is 1. The largest absolute Gasteiger partial charge is 0.452 e. The van der Waals surface area contributed by atoms with Crippen LogP contribution in [0.3, 0.4) is 0 Å². The minimum atomic E-state index is -4.69. The fourth-order valence-corrected chi connectivity index (χ4v) is 8.04. The van der Waals surface area contributed by atoms with Crippen LogP contribution >= 0.6 is 0 Å². The normalized spacial score (nSPS) is 19.3. The maximum atomic E-state index is 14.0. The van der Waals surface area contributed by atoms with Crippen LogP contribution in [0.1, 0.15) is 65.2 Å². The fourth-order valence-electron chi connectivity index (χ4n) is 6.44. The molecule has 1 amide bonds. The first-order valence-electron chi connectivity index (χ1n) is 14.4. The highest BCUT2D eigenvalue weighted by Gasteiger charge is 2.40. The molecule has 2 atom stereocenters. The summed E-state index contributed by atoms with van der Waals surface area (Å²) in [5.41, 5.74) is 8.97. The summed E-state index contributed by atoms with van der Waals surface area (Å²) in [7, 11) is -3.89. The van der Waals surface area contributed by atoms with E-state index in [2.05, 4.69) is 20.1 Å². The summed E-state index contributed by atoms with van der Waals surface area (Å²) in [6.45, 7) is 4.66. The second kappa shape index (κ2) is 11.1. The molecule has 1 aromatic carbocycles. The highest BCUT2D eigenvalue weighted by Crippen LogP contribution is 2.38. The number of carbonyl (C=O) groups is 1. The zero-order chi connectivity index (χ0) is 31.4. The summed E-state index contributed by atoms with van der Waals surface area (Å²) < 4.78 is 70.8. The number of sulfonamides is 1. The third kappa shape index (κ3) is 5.30. The van der Waals surface area contributed by atoms with E-state index in [9.17, 15) is 26.4 Å². The Morgan fingerprint density at radius 1 is 1.14 bits per heavy atom. The lowest BCUT2D eigenvalue weighted by Crippen LogP contribution is -2.45. The highest BCUT2D eigenvalue weighted by molar-refractivity contribution is 7.89. The van der Waals surface area contributed by atoms with E-state index in [1.165, 1.54) is 16.6 Å². The number of alkyl halides is 3. The van der Waals surface area contributed by atoms with Crippen LogP contribution in [0.4, 0.5) is 19.0 Å². The molecule has 1 fully saturated rings. The van der Waals surface area contributed by atoms with Crippen molar-refractivity contribution in [2.24, 2.45) is 5.73 Å². The van der Waals surface area contributed by atoms with Crippen molar-refractivity contribution in [2.45, 2.75) is 69.1 Å². The van der Waals surface area contributed by atoms with Gasteiger partial charge in [-0.15, -0.1) is 10.2 Å². The molecule has 3 aromatic heterocycles. The number of rotatable bonds is 6. The summed E-state index contributed by atoms with van der Waals surface area (Å²) in [4.78, 5) is 19.0. The number of amides is 1. The molecule has 0 unspecified atom stereocenters. The van der Waals surface area contributed by atoms with Crippen LogP contribution in [0.5, 0.6) is 0 Å². The Kier molecular flexibility index (Phi) is 7.60. The third-order valence-electron chi connectivity index (χ3n) is 8.71. The number of hydrogen-bond acceptors (Lipinski definition) is 7. The van der Waals surface area contributed by atoms with E-state index in [0.717, 1.165) is 41.3 Å². The fraction of sp³-hybridized carbons (Fsp3) is 0.400. The zero-order valence-electron chi connectivity index (χ0n) is 24.3. The smallest absolute Gasteiger partial charge is 0.370 e. The number of pyridine rings is 2. The third-order valence-corrected chi connectivity index (χ3v) is 10.5. The van der Waals surface area contributed by atoms with E-state index < -0.39 is 33.8 Å². The van der Waals surface area contributed by atoms with E-state index in [1.807, 2.05) is 25.1 Å². The van der Waals surface area contributed by atoms with Crippen LogP contribution in [0.2, 0.25) is 0 Å². The molecular weight excluding hydrogens is 595 g/mol. The number of benzene rings is 1. The van der Waals surface area contributed by atoms with Gasteiger partial charge >= 0.3 is 6.18 Å². The van der Waals surface area contributed by atoms with Crippen LogP contribution in [0.25, 0.3) is 5.65 Å². The first-order valence-corrected chi connectivity index (χ1v) is 15.8. The maximum Gasteiger partial charge on any atom is 0.452 e. The lowest BCUT2D eigenvalue weighted by molar-refractivity contribution is -0.145. The van der Waals surface area contributed by atoms with Gasteiger partial charge in [-0.2, -0.15) is 17.5 Å². The SMILES string of the molecule is Cc1ccc([C@@H](CC(N)=O)c2ccn3c(C(F)(F)F)nnc3c2C)cc1CN1C[C@@H]2CCCCN2c2ncccc2S1(=O)=O. The molecule has 6 rings (SSSR count). The molecule has 14 heteroatoms. The summed E-state index contributed by atoms with van der Waals surface area (Å²) in [6.07, 6.45) is 0.873. The molecule has 0 aliphatic carbocycles. The molecule has 2 aliphatic heterocycles. The standard InChI is InChI=1S/C30H32F3N7O3S/c1-18-8-9-20(24(15-26(34)41)23-10-13-40-27(19(23)2)36-37-29(40)30(31,32)33)14-21(18)16-38-17-22-6-3-4-12-39(22)28-25(44(38,42)43)7-5-11-35-28/h5,7-11,13-14,22,24H,3-4,6,12,15-17H2,1-2H3,(H2,34,41)/t22-,24+/m0/s1. The van der Waals surface area contributed by atoms with Crippen molar-refractivity contribution in [1.29, 1.82) is 0 Å². The molecular formula is C30H32F3N7O3S. The van der Waals surface area contributed by atoms with Crippen molar-refractivity contribution >= 4 is 27.4 Å². The summed E-state index contributed by atoms with van der Waals surface area (Å²) in [6, 6.07) is 10.3. The van der Waals surface area contributed by atoms with Gasteiger partial charge in [0, 0.05) is 50.4 Å². The summed E-state index contributed by atoms with van der Waals surface area (Å²) >= 11 is 0. The molecule has 1 saturated heterocycles. The molecule has 4 aromatic rings. The molecule has 0 saturated carbocycles.